The topological polar surface area (TPSA) is 46.2 Å². The van der Waals surface area contributed by atoms with E-state index in [0.29, 0.717) is 11.1 Å². The van der Waals surface area contributed by atoms with Crippen molar-refractivity contribution in [3.8, 4) is 0 Å². The van der Waals surface area contributed by atoms with Crippen LogP contribution in [0.15, 0.2) is 72.4 Å². The van der Waals surface area contributed by atoms with E-state index < -0.39 is 5.41 Å². The van der Waals surface area contributed by atoms with Gasteiger partial charge in [0.25, 0.3) is 0 Å². The fourth-order valence-corrected chi connectivity index (χ4v) is 4.55. The lowest BCUT2D eigenvalue weighted by molar-refractivity contribution is -0.111. The molecule has 1 aliphatic heterocycles. The van der Waals surface area contributed by atoms with Crippen molar-refractivity contribution in [2.45, 2.75) is 38.1 Å². The summed E-state index contributed by atoms with van der Waals surface area (Å²) in [6.07, 6.45) is 4.43. The predicted molar refractivity (Wildman–Crippen MR) is 107 cm³/mol. The lowest BCUT2D eigenvalue weighted by Crippen LogP contribution is -2.32. The van der Waals surface area contributed by atoms with E-state index in [9.17, 15) is 9.59 Å². The minimum atomic E-state index is -0.509. The molecule has 3 heteroatoms. The van der Waals surface area contributed by atoms with Crippen molar-refractivity contribution in [1.29, 1.82) is 0 Å². The Morgan fingerprint density at radius 3 is 2.37 bits per heavy atom. The predicted octanol–water partition coefficient (Wildman–Crippen LogP) is 4.45. The molecule has 1 atom stereocenters. The third-order valence-corrected chi connectivity index (χ3v) is 5.49. The van der Waals surface area contributed by atoms with Crippen LogP contribution in [0.5, 0.6) is 0 Å². The molecule has 27 heavy (non-hydrogen) atoms. The Kier molecular flexibility index (Phi) is 3.92. The Morgan fingerprint density at radius 1 is 1.00 bits per heavy atom. The zero-order chi connectivity index (χ0) is 19.2. The first kappa shape index (κ1) is 17.5. The van der Waals surface area contributed by atoms with Crippen LogP contribution >= 0.6 is 0 Å². The summed E-state index contributed by atoms with van der Waals surface area (Å²) in [6.45, 7) is 5.88. The third kappa shape index (κ3) is 2.74. The quantitative estimate of drug-likeness (QED) is 0.808. The molecule has 1 saturated heterocycles. The van der Waals surface area contributed by atoms with Crippen LogP contribution in [-0.4, -0.2) is 17.1 Å². The van der Waals surface area contributed by atoms with Gasteiger partial charge in [0.2, 0.25) is 0 Å². The number of Topliss-reactive ketones (excluding diaryl/α,β-unsaturated/α-hetero) is 1. The summed E-state index contributed by atoms with van der Waals surface area (Å²) in [6, 6.07) is 17.5. The number of hydrogen-bond donors (Lipinski definition) is 1. The SMILES string of the molecule is CC(=O)/C(=C1\NC(C)(C)CC12C=CC(=O)c1ccccc12)c1ccccc1. The van der Waals surface area contributed by atoms with Gasteiger partial charge in [0.1, 0.15) is 0 Å². The molecule has 136 valence electrons. The normalized spacial score (nSPS) is 24.5. The maximum Gasteiger partial charge on any atom is 0.185 e. The highest BCUT2D eigenvalue weighted by Crippen LogP contribution is 2.51. The molecule has 1 N–H and O–H groups in total. The smallest absolute Gasteiger partial charge is 0.185 e. The molecule has 0 bridgehead atoms. The summed E-state index contributed by atoms with van der Waals surface area (Å²) < 4.78 is 0. The molecular formula is C24H23NO2. The number of fused-ring (bicyclic) bond motifs is 2. The summed E-state index contributed by atoms with van der Waals surface area (Å²) in [5, 5.41) is 3.62. The highest BCUT2D eigenvalue weighted by atomic mass is 16.1. The highest BCUT2D eigenvalue weighted by molar-refractivity contribution is 6.21. The molecule has 1 unspecified atom stereocenters. The molecule has 0 saturated carbocycles. The van der Waals surface area contributed by atoms with Gasteiger partial charge in [0.15, 0.2) is 11.6 Å². The maximum atomic E-state index is 12.8. The van der Waals surface area contributed by atoms with Crippen molar-refractivity contribution in [2.75, 3.05) is 0 Å². The fourth-order valence-electron chi connectivity index (χ4n) is 4.55. The summed E-state index contributed by atoms with van der Waals surface area (Å²) in [7, 11) is 0. The van der Waals surface area contributed by atoms with Crippen molar-refractivity contribution in [3.63, 3.8) is 0 Å². The van der Waals surface area contributed by atoms with E-state index in [1.807, 2.05) is 60.7 Å². The van der Waals surface area contributed by atoms with E-state index in [2.05, 4.69) is 19.2 Å². The van der Waals surface area contributed by atoms with Crippen molar-refractivity contribution in [1.82, 2.24) is 5.32 Å². The van der Waals surface area contributed by atoms with Gasteiger partial charge in [-0.2, -0.15) is 0 Å². The van der Waals surface area contributed by atoms with E-state index in [1.165, 1.54) is 0 Å². The van der Waals surface area contributed by atoms with Crippen LogP contribution in [0.3, 0.4) is 0 Å². The summed E-state index contributed by atoms with van der Waals surface area (Å²) >= 11 is 0. The van der Waals surface area contributed by atoms with Gasteiger partial charge in [-0.25, -0.2) is 0 Å². The zero-order valence-electron chi connectivity index (χ0n) is 15.9. The van der Waals surface area contributed by atoms with Crippen LogP contribution in [-0.2, 0) is 10.2 Å². The Labute approximate surface area is 159 Å². The molecule has 0 radical (unpaired) electrons. The van der Waals surface area contributed by atoms with E-state index >= 15 is 0 Å². The molecule has 1 heterocycles. The molecular weight excluding hydrogens is 334 g/mol. The monoisotopic (exact) mass is 357 g/mol. The first-order valence-corrected chi connectivity index (χ1v) is 9.26. The summed E-state index contributed by atoms with van der Waals surface area (Å²) in [5.74, 6) is 0.0351. The Hall–Kier alpha value is -2.94. The Balaban J connectivity index is 2.06. The largest absolute Gasteiger partial charge is 0.382 e. The van der Waals surface area contributed by atoms with Crippen LogP contribution in [0.25, 0.3) is 5.57 Å². The van der Waals surface area contributed by atoms with Gasteiger partial charge >= 0.3 is 0 Å². The van der Waals surface area contributed by atoms with Gasteiger partial charge in [-0.15, -0.1) is 0 Å². The van der Waals surface area contributed by atoms with Crippen molar-refractivity contribution >= 4 is 17.1 Å². The Morgan fingerprint density at radius 2 is 1.67 bits per heavy atom. The van der Waals surface area contributed by atoms with Gasteiger partial charge in [0, 0.05) is 22.4 Å². The molecule has 1 fully saturated rings. The van der Waals surface area contributed by atoms with Crippen LogP contribution in [0.4, 0.5) is 0 Å². The van der Waals surface area contributed by atoms with Gasteiger partial charge in [-0.3, -0.25) is 9.59 Å². The zero-order valence-corrected chi connectivity index (χ0v) is 15.9. The number of allylic oxidation sites excluding steroid dienone is 3. The number of ketones is 2. The number of hydrogen-bond acceptors (Lipinski definition) is 3. The van der Waals surface area contributed by atoms with E-state index in [0.717, 1.165) is 23.2 Å². The summed E-state index contributed by atoms with van der Waals surface area (Å²) in [5.41, 5.74) is 3.45. The third-order valence-electron chi connectivity index (χ3n) is 5.49. The number of nitrogens with one attached hydrogen (secondary N) is 1. The standard InChI is InChI=1S/C24H23NO2/c1-16(26)21(17-9-5-4-6-10-17)22-24(15-23(2,3)25-22)14-13-20(27)18-11-7-8-12-19(18)24/h4-14,25H,15H2,1-3H3/b22-21+. The molecule has 0 aromatic heterocycles. The second-order valence-corrected chi connectivity index (χ2v) is 8.07. The van der Waals surface area contributed by atoms with Crippen LogP contribution in [0.2, 0.25) is 0 Å². The Bertz CT molecular complexity index is 998. The van der Waals surface area contributed by atoms with Gasteiger partial charge in [-0.1, -0.05) is 60.7 Å². The van der Waals surface area contributed by atoms with Gasteiger partial charge in [-0.05, 0) is 44.4 Å². The fraction of sp³-hybridized carbons (Fsp3) is 0.250. The first-order chi connectivity index (χ1) is 12.8. The highest BCUT2D eigenvalue weighted by Gasteiger charge is 2.50. The van der Waals surface area contributed by atoms with E-state index in [1.54, 1.807) is 13.0 Å². The van der Waals surface area contributed by atoms with Crippen molar-refractivity contribution in [3.05, 3.63) is 89.1 Å². The first-order valence-electron chi connectivity index (χ1n) is 9.26. The van der Waals surface area contributed by atoms with Crippen LogP contribution in [0.1, 0.15) is 48.7 Å². The van der Waals surface area contributed by atoms with Gasteiger partial charge < -0.3 is 5.32 Å². The van der Waals surface area contributed by atoms with E-state index in [4.69, 9.17) is 0 Å². The molecule has 2 aromatic carbocycles. The maximum absolute atomic E-state index is 12.8. The number of carbonyl (C=O) groups excluding carboxylic acids is 2. The lowest BCUT2D eigenvalue weighted by Gasteiger charge is -2.33. The molecule has 2 aliphatic rings. The van der Waals surface area contributed by atoms with Crippen molar-refractivity contribution in [2.24, 2.45) is 0 Å². The minimum Gasteiger partial charge on any atom is -0.382 e. The minimum absolute atomic E-state index is 0.0172. The lowest BCUT2D eigenvalue weighted by atomic mass is 9.68. The number of rotatable bonds is 2. The van der Waals surface area contributed by atoms with Crippen LogP contribution in [0, 0.1) is 0 Å². The number of carbonyl (C=O) groups is 2. The van der Waals surface area contributed by atoms with Gasteiger partial charge in [0.05, 0.1) is 5.41 Å². The average molecular weight is 357 g/mol. The molecule has 0 amide bonds. The second kappa shape index (κ2) is 6.05. The molecule has 1 spiro atoms. The molecule has 1 aliphatic carbocycles. The van der Waals surface area contributed by atoms with Crippen molar-refractivity contribution < 1.29 is 9.59 Å². The number of benzene rings is 2. The molecule has 4 rings (SSSR count). The van der Waals surface area contributed by atoms with Crippen LogP contribution < -0.4 is 5.32 Å². The second-order valence-electron chi connectivity index (χ2n) is 8.07. The average Bonchev–Trinajstić information content (AvgIpc) is 2.91. The molecule has 3 nitrogen and oxygen atoms in total. The summed E-state index contributed by atoms with van der Waals surface area (Å²) in [4.78, 5) is 25.2. The molecule has 2 aromatic rings. The van der Waals surface area contributed by atoms with E-state index in [-0.39, 0.29) is 17.1 Å².